The van der Waals surface area contributed by atoms with Gasteiger partial charge in [-0.15, -0.1) is 0 Å². The minimum atomic E-state index is -4.43. The highest BCUT2D eigenvalue weighted by Gasteiger charge is 2.32. The van der Waals surface area contributed by atoms with E-state index in [9.17, 15) is 18.0 Å². The number of carbonyl (C=O) groups excluding carboxylic acids is 1. The quantitative estimate of drug-likeness (QED) is 0.569. The monoisotopic (exact) mass is 330 g/mol. The van der Waals surface area contributed by atoms with Crippen molar-refractivity contribution in [3.05, 3.63) is 47.5 Å². The van der Waals surface area contributed by atoms with Gasteiger partial charge in [0.05, 0.1) is 10.4 Å². The Bertz CT molecular complexity index is 632. The lowest BCUT2D eigenvalue weighted by Crippen LogP contribution is -2.11. The smallest absolute Gasteiger partial charge is 0.293 e. The summed E-state index contributed by atoms with van der Waals surface area (Å²) in [6.07, 6.45) is -4.43. The van der Waals surface area contributed by atoms with Crippen LogP contribution in [0.3, 0.4) is 0 Å². The molecule has 19 heavy (non-hydrogen) atoms. The summed E-state index contributed by atoms with van der Waals surface area (Å²) in [5.41, 5.74) is -0.421. The summed E-state index contributed by atoms with van der Waals surface area (Å²) in [4.78, 5) is 11.6. The summed E-state index contributed by atoms with van der Waals surface area (Å²) >= 11 is 3.15. The van der Waals surface area contributed by atoms with Gasteiger partial charge in [-0.1, -0.05) is 46.3 Å². The van der Waals surface area contributed by atoms with Crippen molar-refractivity contribution >= 4 is 32.5 Å². The number of halogens is 4. The zero-order chi connectivity index (χ0) is 14.2. The summed E-state index contributed by atoms with van der Waals surface area (Å²) in [7, 11) is 0. The van der Waals surface area contributed by atoms with Crippen molar-refractivity contribution in [3.8, 4) is 0 Å². The molecule has 0 aliphatic rings. The van der Waals surface area contributed by atoms with E-state index in [4.69, 9.17) is 0 Å². The van der Waals surface area contributed by atoms with Crippen LogP contribution >= 0.6 is 15.9 Å². The molecule has 2 rings (SSSR count). The predicted molar refractivity (Wildman–Crippen MR) is 71.7 cm³/mol. The van der Waals surface area contributed by atoms with Crippen molar-refractivity contribution in [2.24, 2.45) is 0 Å². The van der Waals surface area contributed by atoms with Gasteiger partial charge in [0.2, 0.25) is 0 Å². The van der Waals surface area contributed by atoms with E-state index in [2.05, 4.69) is 15.9 Å². The first-order valence-electron chi connectivity index (χ1n) is 5.59. The molecule has 0 heterocycles. The summed E-state index contributed by atoms with van der Waals surface area (Å²) in [6, 6.07) is 8.28. The molecule has 100 valence electrons. The van der Waals surface area contributed by atoms with E-state index < -0.39 is 16.6 Å². The maximum absolute atomic E-state index is 12.9. The van der Waals surface area contributed by atoms with Gasteiger partial charge in [0.15, 0.2) is 5.78 Å². The normalized spacial score (nSPS) is 13.5. The zero-order valence-corrected chi connectivity index (χ0v) is 11.5. The predicted octanol–water partition coefficient (Wildman–Crippen LogP) is 4.82. The SMILES string of the molecule is CC(Br)C(=O)c1cccc2c(C(F)(F)F)cccc12. The molecule has 0 N–H and O–H groups in total. The third kappa shape index (κ3) is 2.66. The number of fused-ring (bicyclic) bond motifs is 1. The topological polar surface area (TPSA) is 17.1 Å². The van der Waals surface area contributed by atoms with E-state index in [-0.39, 0.29) is 11.2 Å². The molecule has 0 spiro atoms. The molecule has 1 unspecified atom stereocenters. The van der Waals surface area contributed by atoms with Gasteiger partial charge in [-0.25, -0.2) is 0 Å². The third-order valence-electron chi connectivity index (χ3n) is 2.85. The fraction of sp³-hybridized carbons (Fsp3) is 0.214. The van der Waals surface area contributed by atoms with E-state index in [1.807, 2.05) is 0 Å². The molecule has 0 bridgehead atoms. The first kappa shape index (κ1) is 14.1. The van der Waals surface area contributed by atoms with Gasteiger partial charge in [-0.3, -0.25) is 4.79 Å². The number of carbonyl (C=O) groups is 1. The minimum absolute atomic E-state index is 0.0500. The van der Waals surface area contributed by atoms with Crippen molar-refractivity contribution in [3.63, 3.8) is 0 Å². The Morgan fingerprint density at radius 3 is 2.26 bits per heavy atom. The molecular weight excluding hydrogens is 321 g/mol. The van der Waals surface area contributed by atoms with E-state index in [0.717, 1.165) is 6.07 Å². The van der Waals surface area contributed by atoms with E-state index >= 15 is 0 Å². The van der Waals surface area contributed by atoms with Crippen molar-refractivity contribution in [2.75, 3.05) is 0 Å². The second kappa shape index (κ2) is 4.96. The molecule has 0 aliphatic heterocycles. The first-order valence-corrected chi connectivity index (χ1v) is 6.51. The van der Waals surface area contributed by atoms with Gasteiger partial charge >= 0.3 is 6.18 Å². The van der Waals surface area contributed by atoms with E-state index in [0.29, 0.717) is 10.9 Å². The molecule has 0 aliphatic carbocycles. The van der Waals surface area contributed by atoms with Crippen LogP contribution in [0.5, 0.6) is 0 Å². The number of benzene rings is 2. The standard InChI is InChI=1S/C14H10BrF3O/c1-8(15)13(19)11-6-2-5-10-9(11)4-3-7-12(10)14(16,17)18/h2-8H,1H3. The molecule has 0 amide bonds. The second-order valence-corrected chi connectivity index (χ2v) is 5.56. The second-order valence-electron chi connectivity index (χ2n) is 4.18. The Morgan fingerprint density at radius 1 is 1.11 bits per heavy atom. The maximum atomic E-state index is 12.9. The van der Waals surface area contributed by atoms with Crippen LogP contribution in [0.25, 0.3) is 10.8 Å². The van der Waals surface area contributed by atoms with Gasteiger partial charge in [-0.05, 0) is 23.8 Å². The van der Waals surface area contributed by atoms with Crippen molar-refractivity contribution in [1.82, 2.24) is 0 Å². The third-order valence-corrected chi connectivity index (χ3v) is 3.27. The minimum Gasteiger partial charge on any atom is -0.293 e. The highest BCUT2D eigenvalue weighted by molar-refractivity contribution is 9.10. The van der Waals surface area contributed by atoms with Crippen LogP contribution in [-0.2, 0) is 6.18 Å². The maximum Gasteiger partial charge on any atom is 0.417 e. The molecule has 0 aromatic heterocycles. The average Bonchev–Trinajstić information content (AvgIpc) is 2.35. The van der Waals surface area contributed by atoms with E-state index in [1.165, 1.54) is 24.3 Å². The van der Waals surface area contributed by atoms with Gasteiger partial charge in [0.1, 0.15) is 0 Å². The van der Waals surface area contributed by atoms with Crippen LogP contribution in [0.2, 0.25) is 0 Å². The number of ketones is 1. The molecule has 0 saturated heterocycles. The Kier molecular flexibility index (Phi) is 3.67. The van der Waals surface area contributed by atoms with Gasteiger partial charge in [-0.2, -0.15) is 13.2 Å². The number of rotatable bonds is 2. The molecule has 0 radical (unpaired) electrons. The van der Waals surface area contributed by atoms with Gasteiger partial charge in [0.25, 0.3) is 0 Å². The van der Waals surface area contributed by atoms with Gasteiger partial charge < -0.3 is 0 Å². The van der Waals surface area contributed by atoms with Crippen LogP contribution in [-0.4, -0.2) is 10.6 Å². The Balaban J connectivity index is 2.75. The fourth-order valence-corrected chi connectivity index (χ4v) is 2.23. The number of hydrogen-bond donors (Lipinski definition) is 0. The van der Waals surface area contributed by atoms with Crippen LogP contribution in [0.15, 0.2) is 36.4 Å². The Labute approximate surface area is 116 Å². The number of Topliss-reactive ketones (excluding diaryl/α,β-unsaturated/α-hetero) is 1. The molecule has 0 saturated carbocycles. The van der Waals surface area contributed by atoms with Crippen LogP contribution in [0.1, 0.15) is 22.8 Å². The van der Waals surface area contributed by atoms with Crippen molar-refractivity contribution in [1.29, 1.82) is 0 Å². The Hall–Kier alpha value is -1.36. The molecular formula is C14H10BrF3O. The largest absolute Gasteiger partial charge is 0.417 e. The number of alkyl halides is 4. The van der Waals surface area contributed by atoms with Crippen LogP contribution in [0.4, 0.5) is 13.2 Å². The lowest BCUT2D eigenvalue weighted by Gasteiger charge is -2.13. The first-order chi connectivity index (χ1) is 8.82. The van der Waals surface area contributed by atoms with Gasteiger partial charge in [0, 0.05) is 5.56 Å². The molecule has 1 nitrogen and oxygen atoms in total. The Morgan fingerprint density at radius 2 is 1.68 bits per heavy atom. The highest BCUT2D eigenvalue weighted by atomic mass is 79.9. The van der Waals surface area contributed by atoms with Crippen molar-refractivity contribution in [2.45, 2.75) is 17.9 Å². The van der Waals surface area contributed by atoms with Crippen LogP contribution < -0.4 is 0 Å². The average molecular weight is 331 g/mol. The number of hydrogen-bond acceptors (Lipinski definition) is 1. The molecule has 0 fully saturated rings. The zero-order valence-electron chi connectivity index (χ0n) is 9.96. The molecule has 5 heteroatoms. The summed E-state index contributed by atoms with van der Waals surface area (Å²) in [5, 5.41) is 0.377. The molecule has 2 aromatic carbocycles. The van der Waals surface area contributed by atoms with Crippen molar-refractivity contribution < 1.29 is 18.0 Å². The highest BCUT2D eigenvalue weighted by Crippen LogP contribution is 2.35. The van der Waals surface area contributed by atoms with E-state index in [1.54, 1.807) is 13.0 Å². The molecule has 2 aromatic rings. The molecule has 1 atom stereocenters. The lowest BCUT2D eigenvalue weighted by atomic mass is 9.97. The lowest BCUT2D eigenvalue weighted by molar-refractivity contribution is -0.136. The van der Waals surface area contributed by atoms with Crippen LogP contribution in [0, 0.1) is 0 Å². The summed E-state index contributed by atoms with van der Waals surface area (Å²) in [6.45, 7) is 1.65. The summed E-state index contributed by atoms with van der Waals surface area (Å²) < 4.78 is 38.7. The summed E-state index contributed by atoms with van der Waals surface area (Å²) in [5.74, 6) is -0.232. The fourth-order valence-electron chi connectivity index (χ4n) is 1.99.